The van der Waals surface area contributed by atoms with Crippen LogP contribution in [0.2, 0.25) is 0 Å². The van der Waals surface area contributed by atoms with Crippen molar-refractivity contribution in [3.8, 4) is 33.8 Å². The van der Waals surface area contributed by atoms with Gasteiger partial charge in [-0.15, -0.1) is 6.58 Å². The van der Waals surface area contributed by atoms with Crippen molar-refractivity contribution in [1.82, 2.24) is 0 Å². The van der Waals surface area contributed by atoms with Crippen LogP contribution in [0.5, 0.6) is 11.5 Å². The lowest BCUT2D eigenvalue weighted by Gasteiger charge is -2.14. The van der Waals surface area contributed by atoms with Crippen LogP contribution < -0.4 is 9.47 Å². The predicted octanol–water partition coefficient (Wildman–Crippen LogP) is 11.9. The Balaban J connectivity index is 1.02. The average Bonchev–Trinajstić information content (AvgIpc) is 3.24. The lowest BCUT2D eigenvalue weighted by molar-refractivity contribution is -0.137. The monoisotopic (exact) mass is 806 g/mol. The molecular weight excluding hydrogens is 762 g/mol. The van der Waals surface area contributed by atoms with Gasteiger partial charge in [0.1, 0.15) is 24.2 Å². The maximum Gasteiger partial charge on any atom is 0.416 e. The maximum atomic E-state index is 12.8. The Morgan fingerprint density at radius 2 is 0.983 bits per heavy atom. The van der Waals surface area contributed by atoms with Crippen LogP contribution in [0.25, 0.3) is 22.3 Å². The SMILES string of the molecule is C=CCCCCCCCCC(=O)Oc1ccc(-c2ccc(C(=O)OCC(C)OC(=O)c3ccc(-c4ccc(OC(=O)c5ccc(C(F)(F)F)cc5)cc4)cc3)cc2)cc1. The van der Waals surface area contributed by atoms with E-state index in [1.807, 2.05) is 18.2 Å². The largest absolute Gasteiger partial charge is 0.458 e. The molecule has 5 aromatic rings. The minimum Gasteiger partial charge on any atom is -0.458 e. The smallest absolute Gasteiger partial charge is 0.416 e. The highest BCUT2D eigenvalue weighted by Crippen LogP contribution is 2.30. The zero-order chi connectivity index (χ0) is 42.2. The van der Waals surface area contributed by atoms with Gasteiger partial charge in [-0.2, -0.15) is 13.2 Å². The second kappa shape index (κ2) is 21.3. The average molecular weight is 807 g/mol. The third-order valence-corrected chi connectivity index (χ3v) is 9.30. The van der Waals surface area contributed by atoms with Gasteiger partial charge in [0.25, 0.3) is 0 Å². The van der Waals surface area contributed by atoms with E-state index in [0.717, 1.165) is 78.6 Å². The van der Waals surface area contributed by atoms with Crippen molar-refractivity contribution in [2.75, 3.05) is 6.61 Å². The molecule has 11 heteroatoms. The number of benzene rings is 5. The van der Waals surface area contributed by atoms with Crippen LogP contribution in [0.3, 0.4) is 0 Å². The number of ether oxygens (including phenoxy) is 4. The Kier molecular flexibility index (Phi) is 15.8. The van der Waals surface area contributed by atoms with Gasteiger partial charge in [-0.1, -0.05) is 80.3 Å². The number of hydrogen-bond donors (Lipinski definition) is 0. The summed E-state index contributed by atoms with van der Waals surface area (Å²) in [5.74, 6) is -1.53. The Morgan fingerprint density at radius 3 is 1.49 bits per heavy atom. The summed E-state index contributed by atoms with van der Waals surface area (Å²) in [6, 6.07) is 30.9. The van der Waals surface area contributed by atoms with E-state index >= 15 is 0 Å². The molecule has 0 heterocycles. The normalized spacial score (nSPS) is 11.6. The highest BCUT2D eigenvalue weighted by atomic mass is 19.4. The molecule has 0 bridgehead atoms. The van der Waals surface area contributed by atoms with Gasteiger partial charge in [-0.3, -0.25) is 4.79 Å². The number of hydrogen-bond acceptors (Lipinski definition) is 8. The van der Waals surface area contributed by atoms with Crippen LogP contribution in [0.4, 0.5) is 13.2 Å². The first-order valence-corrected chi connectivity index (χ1v) is 19.4. The second-order valence-electron chi connectivity index (χ2n) is 13.9. The first kappa shape index (κ1) is 43.6. The minimum absolute atomic E-state index is 0.0219. The molecule has 0 N–H and O–H groups in total. The van der Waals surface area contributed by atoms with Gasteiger partial charge >= 0.3 is 30.1 Å². The summed E-state index contributed by atoms with van der Waals surface area (Å²) in [5, 5.41) is 0. The van der Waals surface area contributed by atoms with Crippen molar-refractivity contribution < 1.29 is 51.3 Å². The summed E-state index contributed by atoms with van der Waals surface area (Å²) in [5.41, 5.74) is 2.98. The Hall–Kier alpha value is -6.49. The number of rotatable bonds is 19. The minimum atomic E-state index is -4.51. The molecule has 0 aliphatic carbocycles. The number of halogens is 3. The number of carbonyl (C=O) groups excluding carboxylic acids is 4. The molecule has 0 saturated carbocycles. The van der Waals surface area contributed by atoms with Crippen molar-refractivity contribution in [1.29, 1.82) is 0 Å². The molecular formula is C48H45F3O8. The molecule has 0 fully saturated rings. The molecule has 8 nitrogen and oxygen atoms in total. The van der Waals surface area contributed by atoms with Gasteiger partial charge in [0.2, 0.25) is 0 Å². The van der Waals surface area contributed by atoms with Gasteiger partial charge in [0.05, 0.1) is 22.3 Å². The van der Waals surface area contributed by atoms with Crippen LogP contribution in [0.15, 0.2) is 134 Å². The zero-order valence-electron chi connectivity index (χ0n) is 32.7. The fourth-order valence-electron chi connectivity index (χ4n) is 6.00. The summed E-state index contributed by atoms with van der Waals surface area (Å²) >= 11 is 0. The first-order valence-electron chi connectivity index (χ1n) is 19.4. The number of alkyl halides is 3. The summed E-state index contributed by atoms with van der Waals surface area (Å²) in [6.07, 6.45) is 4.57. The first-order chi connectivity index (χ1) is 28.4. The maximum absolute atomic E-state index is 12.8. The van der Waals surface area contributed by atoms with Crippen LogP contribution in [0.1, 0.15) is 94.9 Å². The van der Waals surface area contributed by atoms with E-state index in [0.29, 0.717) is 17.7 Å². The molecule has 306 valence electrons. The molecule has 5 rings (SSSR count). The van der Waals surface area contributed by atoms with Crippen molar-refractivity contribution in [3.05, 3.63) is 156 Å². The predicted molar refractivity (Wildman–Crippen MR) is 218 cm³/mol. The van der Waals surface area contributed by atoms with Crippen molar-refractivity contribution in [3.63, 3.8) is 0 Å². The number of carbonyl (C=O) groups is 4. The van der Waals surface area contributed by atoms with E-state index in [9.17, 15) is 32.3 Å². The summed E-state index contributed by atoms with van der Waals surface area (Å²) in [6.45, 7) is 5.20. The van der Waals surface area contributed by atoms with E-state index in [1.54, 1.807) is 91.9 Å². The molecule has 0 aliphatic heterocycles. The van der Waals surface area contributed by atoms with Crippen LogP contribution in [0, 0.1) is 0 Å². The van der Waals surface area contributed by atoms with Gasteiger partial charge in [0.15, 0.2) is 0 Å². The van der Waals surface area contributed by atoms with Gasteiger partial charge in [-0.05, 0) is 121 Å². The van der Waals surface area contributed by atoms with Crippen LogP contribution in [-0.4, -0.2) is 36.6 Å². The molecule has 1 unspecified atom stereocenters. The van der Waals surface area contributed by atoms with Gasteiger partial charge < -0.3 is 18.9 Å². The number of esters is 4. The quantitative estimate of drug-likeness (QED) is 0.0351. The number of allylic oxidation sites excluding steroid dienone is 1. The zero-order valence-corrected chi connectivity index (χ0v) is 32.7. The molecule has 0 spiro atoms. The van der Waals surface area contributed by atoms with E-state index in [-0.39, 0.29) is 29.5 Å². The third-order valence-electron chi connectivity index (χ3n) is 9.30. The molecule has 59 heavy (non-hydrogen) atoms. The molecule has 0 radical (unpaired) electrons. The summed E-state index contributed by atoms with van der Waals surface area (Å²) < 4.78 is 60.1. The van der Waals surface area contributed by atoms with E-state index in [4.69, 9.17) is 18.9 Å². The van der Waals surface area contributed by atoms with Crippen molar-refractivity contribution in [2.45, 2.75) is 70.6 Å². The fraction of sp³-hybridized carbons (Fsp3) is 0.250. The van der Waals surface area contributed by atoms with E-state index in [1.165, 1.54) is 12.8 Å². The molecule has 0 amide bonds. The summed E-state index contributed by atoms with van der Waals surface area (Å²) in [4.78, 5) is 50.2. The van der Waals surface area contributed by atoms with Crippen molar-refractivity contribution in [2.24, 2.45) is 0 Å². The summed E-state index contributed by atoms with van der Waals surface area (Å²) in [7, 11) is 0. The topological polar surface area (TPSA) is 105 Å². The molecule has 1 atom stereocenters. The standard InChI is InChI=1S/C48H45F3O8/c1-3-4-5-6-7-8-9-10-11-44(52)58-42-28-22-36(23-29-42)34-12-16-38(17-13-34)45(53)56-32-33(2)57-46(54)39-18-14-35(15-19-39)37-24-30-43(31-25-37)59-47(55)40-20-26-41(27-21-40)48(49,50)51/h3,12-31,33H,1,4-11,32H2,2H3. The lowest BCUT2D eigenvalue weighted by atomic mass is 10.0. The molecule has 0 saturated heterocycles. The third kappa shape index (κ3) is 13.6. The Bertz CT molecular complexity index is 2160. The van der Waals surface area contributed by atoms with Gasteiger partial charge in [-0.25, -0.2) is 14.4 Å². The van der Waals surface area contributed by atoms with Crippen LogP contribution >= 0.6 is 0 Å². The molecule has 5 aromatic carbocycles. The van der Waals surface area contributed by atoms with Crippen LogP contribution in [-0.2, 0) is 20.4 Å². The lowest BCUT2D eigenvalue weighted by Crippen LogP contribution is -2.22. The molecule has 0 aromatic heterocycles. The van der Waals surface area contributed by atoms with E-state index < -0.39 is 35.8 Å². The van der Waals surface area contributed by atoms with Crippen molar-refractivity contribution >= 4 is 23.9 Å². The Labute approximate surface area is 341 Å². The number of unbranched alkanes of at least 4 members (excludes halogenated alkanes) is 6. The Morgan fingerprint density at radius 1 is 0.559 bits per heavy atom. The van der Waals surface area contributed by atoms with E-state index in [2.05, 4.69) is 6.58 Å². The highest BCUT2D eigenvalue weighted by molar-refractivity contribution is 5.92. The highest BCUT2D eigenvalue weighted by Gasteiger charge is 2.30. The molecule has 0 aliphatic rings. The van der Waals surface area contributed by atoms with Gasteiger partial charge in [0, 0.05) is 6.42 Å². The second-order valence-corrected chi connectivity index (χ2v) is 13.9. The fourth-order valence-corrected chi connectivity index (χ4v) is 6.00.